The summed E-state index contributed by atoms with van der Waals surface area (Å²) in [4.78, 5) is 8.00. The number of aromatic nitrogens is 2. The topological polar surface area (TPSA) is 37.8 Å². The Kier molecular flexibility index (Phi) is 3.83. The predicted octanol–water partition coefficient (Wildman–Crippen LogP) is 2.64. The van der Waals surface area contributed by atoms with E-state index < -0.39 is 0 Å². The van der Waals surface area contributed by atoms with E-state index in [1.807, 2.05) is 12.4 Å². The standard InChI is InChI=1S/C14H17N3/c1-11-4-3-5-14(6-11)12(2)17-9-13-7-15-10-16-8-13/h3-8,10,12,17H,9H2,1-2H3/t12-/m1/s1. The fourth-order valence-electron chi connectivity index (χ4n) is 1.75. The third kappa shape index (κ3) is 3.36. The van der Waals surface area contributed by atoms with E-state index in [1.54, 1.807) is 6.33 Å². The van der Waals surface area contributed by atoms with E-state index in [0.717, 1.165) is 12.1 Å². The van der Waals surface area contributed by atoms with Gasteiger partial charge in [-0.3, -0.25) is 0 Å². The van der Waals surface area contributed by atoms with Gasteiger partial charge in [-0.05, 0) is 19.4 Å². The molecule has 2 aromatic rings. The SMILES string of the molecule is Cc1cccc([C@@H](C)NCc2cncnc2)c1. The van der Waals surface area contributed by atoms with Crippen LogP contribution >= 0.6 is 0 Å². The number of rotatable bonds is 4. The summed E-state index contributed by atoms with van der Waals surface area (Å²) >= 11 is 0. The van der Waals surface area contributed by atoms with E-state index >= 15 is 0 Å². The van der Waals surface area contributed by atoms with Gasteiger partial charge in [0.1, 0.15) is 6.33 Å². The van der Waals surface area contributed by atoms with Crippen LogP contribution in [0.5, 0.6) is 0 Å². The van der Waals surface area contributed by atoms with Crippen LogP contribution in [-0.2, 0) is 6.54 Å². The van der Waals surface area contributed by atoms with Crippen molar-refractivity contribution in [2.24, 2.45) is 0 Å². The number of nitrogens with one attached hydrogen (secondary N) is 1. The van der Waals surface area contributed by atoms with Crippen molar-refractivity contribution in [3.05, 3.63) is 59.7 Å². The third-order valence-corrected chi connectivity index (χ3v) is 2.77. The van der Waals surface area contributed by atoms with Crippen LogP contribution in [0.1, 0.15) is 29.7 Å². The van der Waals surface area contributed by atoms with Crippen LogP contribution in [0.3, 0.4) is 0 Å². The molecular weight excluding hydrogens is 210 g/mol. The smallest absolute Gasteiger partial charge is 0.115 e. The molecule has 0 aliphatic rings. The fourth-order valence-corrected chi connectivity index (χ4v) is 1.75. The molecule has 1 N–H and O–H groups in total. The summed E-state index contributed by atoms with van der Waals surface area (Å²) in [7, 11) is 0. The maximum Gasteiger partial charge on any atom is 0.115 e. The van der Waals surface area contributed by atoms with Gasteiger partial charge < -0.3 is 5.32 Å². The molecule has 0 amide bonds. The van der Waals surface area contributed by atoms with Gasteiger partial charge in [0.05, 0.1) is 0 Å². The Hall–Kier alpha value is -1.74. The van der Waals surface area contributed by atoms with Crippen LogP contribution < -0.4 is 5.32 Å². The summed E-state index contributed by atoms with van der Waals surface area (Å²) in [5.41, 5.74) is 3.70. The second kappa shape index (κ2) is 5.55. The lowest BCUT2D eigenvalue weighted by Gasteiger charge is -2.14. The summed E-state index contributed by atoms with van der Waals surface area (Å²) in [6, 6.07) is 8.89. The summed E-state index contributed by atoms with van der Waals surface area (Å²) in [6.07, 6.45) is 5.22. The van der Waals surface area contributed by atoms with Crippen molar-refractivity contribution in [1.82, 2.24) is 15.3 Å². The second-order valence-corrected chi connectivity index (χ2v) is 4.26. The van der Waals surface area contributed by atoms with E-state index in [4.69, 9.17) is 0 Å². The van der Waals surface area contributed by atoms with Crippen molar-refractivity contribution in [2.75, 3.05) is 0 Å². The van der Waals surface area contributed by atoms with Gasteiger partial charge in [-0.15, -0.1) is 0 Å². The lowest BCUT2D eigenvalue weighted by molar-refractivity contribution is 0.572. The molecule has 1 aromatic carbocycles. The molecule has 0 bridgehead atoms. The average molecular weight is 227 g/mol. The Bertz CT molecular complexity index is 468. The Labute approximate surface area is 102 Å². The molecular formula is C14H17N3. The van der Waals surface area contributed by atoms with Gasteiger partial charge in [0, 0.05) is 30.5 Å². The molecule has 3 heteroatoms. The number of benzene rings is 1. The molecule has 17 heavy (non-hydrogen) atoms. The maximum absolute atomic E-state index is 4.00. The molecule has 0 saturated carbocycles. The zero-order valence-corrected chi connectivity index (χ0v) is 10.2. The average Bonchev–Trinajstić information content (AvgIpc) is 2.37. The highest BCUT2D eigenvalue weighted by molar-refractivity contribution is 5.24. The predicted molar refractivity (Wildman–Crippen MR) is 68.5 cm³/mol. The number of hydrogen-bond acceptors (Lipinski definition) is 3. The Morgan fingerprint density at radius 2 is 2.00 bits per heavy atom. The van der Waals surface area contributed by atoms with E-state index in [9.17, 15) is 0 Å². The van der Waals surface area contributed by atoms with E-state index in [0.29, 0.717) is 6.04 Å². The van der Waals surface area contributed by atoms with Crippen molar-refractivity contribution < 1.29 is 0 Å². The van der Waals surface area contributed by atoms with Gasteiger partial charge in [-0.2, -0.15) is 0 Å². The van der Waals surface area contributed by atoms with E-state index in [1.165, 1.54) is 11.1 Å². The Balaban J connectivity index is 1.96. The molecule has 1 aromatic heterocycles. The molecule has 88 valence electrons. The van der Waals surface area contributed by atoms with Crippen molar-refractivity contribution in [3.63, 3.8) is 0 Å². The van der Waals surface area contributed by atoms with Gasteiger partial charge >= 0.3 is 0 Å². The van der Waals surface area contributed by atoms with Crippen LogP contribution in [0.4, 0.5) is 0 Å². The highest BCUT2D eigenvalue weighted by Gasteiger charge is 2.04. The summed E-state index contributed by atoms with van der Waals surface area (Å²) in [5, 5.41) is 3.46. The van der Waals surface area contributed by atoms with Gasteiger partial charge in [-0.1, -0.05) is 29.8 Å². The molecule has 0 radical (unpaired) electrons. The summed E-state index contributed by atoms with van der Waals surface area (Å²) in [5.74, 6) is 0. The van der Waals surface area contributed by atoms with Crippen LogP contribution in [-0.4, -0.2) is 9.97 Å². The molecule has 0 aliphatic heterocycles. The lowest BCUT2D eigenvalue weighted by Crippen LogP contribution is -2.18. The first kappa shape index (κ1) is 11.7. The minimum Gasteiger partial charge on any atom is -0.306 e. The molecule has 0 unspecified atom stereocenters. The second-order valence-electron chi connectivity index (χ2n) is 4.26. The number of hydrogen-bond donors (Lipinski definition) is 1. The van der Waals surface area contributed by atoms with Gasteiger partial charge in [0.15, 0.2) is 0 Å². The van der Waals surface area contributed by atoms with E-state index in [-0.39, 0.29) is 0 Å². The van der Waals surface area contributed by atoms with Gasteiger partial charge in [-0.25, -0.2) is 9.97 Å². The molecule has 1 heterocycles. The van der Waals surface area contributed by atoms with E-state index in [2.05, 4.69) is 53.4 Å². The summed E-state index contributed by atoms with van der Waals surface area (Å²) in [6.45, 7) is 5.07. The van der Waals surface area contributed by atoms with Crippen molar-refractivity contribution in [2.45, 2.75) is 26.4 Å². The van der Waals surface area contributed by atoms with Crippen LogP contribution in [0.15, 0.2) is 43.0 Å². The maximum atomic E-state index is 4.00. The molecule has 1 atom stereocenters. The molecule has 0 fully saturated rings. The third-order valence-electron chi connectivity index (χ3n) is 2.77. The minimum atomic E-state index is 0.329. The first-order valence-corrected chi connectivity index (χ1v) is 5.79. The van der Waals surface area contributed by atoms with Gasteiger partial charge in [0.25, 0.3) is 0 Å². The van der Waals surface area contributed by atoms with Crippen molar-refractivity contribution in [3.8, 4) is 0 Å². The van der Waals surface area contributed by atoms with Crippen molar-refractivity contribution >= 4 is 0 Å². The van der Waals surface area contributed by atoms with Crippen LogP contribution in [0.25, 0.3) is 0 Å². The first-order valence-electron chi connectivity index (χ1n) is 5.79. The Morgan fingerprint density at radius 1 is 1.24 bits per heavy atom. The number of aryl methyl sites for hydroxylation is 1. The monoisotopic (exact) mass is 227 g/mol. The largest absolute Gasteiger partial charge is 0.306 e. The molecule has 2 rings (SSSR count). The zero-order valence-electron chi connectivity index (χ0n) is 10.2. The minimum absolute atomic E-state index is 0.329. The highest BCUT2D eigenvalue weighted by Crippen LogP contribution is 2.14. The zero-order chi connectivity index (χ0) is 12.1. The van der Waals surface area contributed by atoms with Crippen LogP contribution in [0, 0.1) is 6.92 Å². The summed E-state index contributed by atoms with van der Waals surface area (Å²) < 4.78 is 0. The lowest BCUT2D eigenvalue weighted by atomic mass is 10.1. The molecule has 0 spiro atoms. The Morgan fingerprint density at radius 3 is 2.71 bits per heavy atom. The molecule has 0 aliphatic carbocycles. The normalized spacial score (nSPS) is 12.4. The fraction of sp³-hybridized carbons (Fsp3) is 0.286. The first-order chi connectivity index (χ1) is 8.25. The quantitative estimate of drug-likeness (QED) is 0.872. The highest BCUT2D eigenvalue weighted by atomic mass is 14.9. The van der Waals surface area contributed by atoms with Crippen LogP contribution in [0.2, 0.25) is 0 Å². The van der Waals surface area contributed by atoms with Gasteiger partial charge in [0.2, 0.25) is 0 Å². The molecule has 3 nitrogen and oxygen atoms in total. The van der Waals surface area contributed by atoms with Crippen molar-refractivity contribution in [1.29, 1.82) is 0 Å². The molecule has 0 saturated heterocycles. The number of nitrogens with zero attached hydrogens (tertiary/aromatic N) is 2.